The van der Waals surface area contributed by atoms with Gasteiger partial charge in [0.25, 0.3) is 0 Å². The maximum Gasteiger partial charge on any atom is 0.141 e. The van der Waals surface area contributed by atoms with Crippen LogP contribution in [0.3, 0.4) is 0 Å². The van der Waals surface area contributed by atoms with Gasteiger partial charge in [0, 0.05) is 30.7 Å². The molecule has 0 amide bonds. The second-order valence-corrected chi connectivity index (χ2v) is 4.34. The van der Waals surface area contributed by atoms with E-state index in [1.807, 2.05) is 24.5 Å². The summed E-state index contributed by atoms with van der Waals surface area (Å²) >= 11 is 0. The van der Waals surface area contributed by atoms with Crippen LogP contribution in [0.15, 0.2) is 30.7 Å². The van der Waals surface area contributed by atoms with Crippen LogP contribution in [0.1, 0.15) is 5.82 Å². The zero-order valence-corrected chi connectivity index (χ0v) is 9.39. The van der Waals surface area contributed by atoms with E-state index in [9.17, 15) is 0 Å². The molecule has 2 aromatic rings. The summed E-state index contributed by atoms with van der Waals surface area (Å²) in [5.41, 5.74) is 7.58. The van der Waals surface area contributed by atoms with Gasteiger partial charge in [-0.05, 0) is 12.1 Å². The van der Waals surface area contributed by atoms with E-state index in [1.165, 1.54) is 0 Å². The van der Waals surface area contributed by atoms with Gasteiger partial charge in [-0.1, -0.05) is 0 Å². The molecule has 1 fully saturated rings. The second kappa shape index (κ2) is 3.94. The molecule has 17 heavy (non-hydrogen) atoms. The minimum absolute atomic E-state index is 0.188. The molecular weight excluding hydrogens is 216 g/mol. The van der Waals surface area contributed by atoms with Crippen molar-refractivity contribution in [3.05, 3.63) is 36.5 Å². The Morgan fingerprint density at radius 2 is 2.29 bits per heavy atom. The Kier molecular flexibility index (Phi) is 2.42. The number of H-pyrrole nitrogens is 1. The molecule has 3 heterocycles. The zero-order chi connectivity index (χ0) is 11.7. The van der Waals surface area contributed by atoms with Gasteiger partial charge < -0.3 is 15.5 Å². The number of hydrogen-bond donors (Lipinski definition) is 2. The summed E-state index contributed by atoms with van der Waals surface area (Å²) in [6.45, 7) is 1.74. The predicted octanol–water partition coefficient (Wildman–Crippen LogP) is 0.698. The average molecular weight is 230 g/mol. The molecule has 5 nitrogen and oxygen atoms in total. The van der Waals surface area contributed by atoms with E-state index in [0.717, 1.165) is 17.1 Å². The number of aromatic amines is 1. The minimum Gasteiger partial charge on any atom is -0.379 e. The van der Waals surface area contributed by atoms with Gasteiger partial charge in [-0.25, -0.2) is 9.97 Å². The molecule has 3 rings (SSSR count). The number of nitrogens with zero attached hydrogens (tertiary/aromatic N) is 2. The van der Waals surface area contributed by atoms with Crippen LogP contribution in [-0.4, -0.2) is 34.7 Å². The lowest BCUT2D eigenvalue weighted by molar-refractivity contribution is -0.0593. The van der Waals surface area contributed by atoms with Crippen LogP contribution in [-0.2, 0) is 10.2 Å². The Hall–Kier alpha value is -1.72. The third-order valence-corrected chi connectivity index (χ3v) is 3.17. The van der Waals surface area contributed by atoms with Crippen LogP contribution < -0.4 is 5.73 Å². The summed E-state index contributed by atoms with van der Waals surface area (Å²) in [6.07, 6.45) is 5.57. The van der Waals surface area contributed by atoms with Crippen LogP contribution in [0.25, 0.3) is 11.3 Å². The summed E-state index contributed by atoms with van der Waals surface area (Å²) in [7, 11) is 0. The molecular formula is C12H14N4O. The first-order valence-electron chi connectivity index (χ1n) is 5.59. The molecule has 5 heteroatoms. The van der Waals surface area contributed by atoms with Crippen LogP contribution in [0, 0.1) is 0 Å². The standard InChI is InChI=1S/C12H14N4O/c13-6-12(7-17-8-12)11-15-4-2-10(16-11)9-1-3-14-5-9/h1-5,14H,6-8,13H2. The van der Waals surface area contributed by atoms with E-state index < -0.39 is 0 Å². The van der Waals surface area contributed by atoms with Crippen molar-refractivity contribution in [2.24, 2.45) is 5.73 Å². The van der Waals surface area contributed by atoms with Crippen molar-refractivity contribution in [1.82, 2.24) is 15.0 Å². The molecule has 0 aromatic carbocycles. The number of hydrogen-bond acceptors (Lipinski definition) is 4. The molecule has 1 aliphatic rings. The van der Waals surface area contributed by atoms with E-state index >= 15 is 0 Å². The number of ether oxygens (including phenoxy) is 1. The minimum atomic E-state index is -0.188. The number of rotatable bonds is 3. The maximum atomic E-state index is 5.80. The van der Waals surface area contributed by atoms with Gasteiger partial charge in [0.2, 0.25) is 0 Å². The lowest BCUT2D eigenvalue weighted by Crippen LogP contribution is -2.53. The highest BCUT2D eigenvalue weighted by Gasteiger charge is 2.42. The van der Waals surface area contributed by atoms with Gasteiger partial charge in [0.05, 0.1) is 24.3 Å². The Labute approximate surface area is 99.0 Å². The van der Waals surface area contributed by atoms with Crippen LogP contribution in [0.2, 0.25) is 0 Å². The van der Waals surface area contributed by atoms with E-state index in [4.69, 9.17) is 10.5 Å². The monoisotopic (exact) mass is 230 g/mol. The molecule has 0 saturated carbocycles. The third kappa shape index (κ3) is 1.64. The molecule has 0 unspecified atom stereocenters. The van der Waals surface area contributed by atoms with E-state index in [1.54, 1.807) is 6.20 Å². The predicted molar refractivity (Wildman–Crippen MR) is 63.4 cm³/mol. The van der Waals surface area contributed by atoms with Gasteiger partial charge in [-0.2, -0.15) is 0 Å². The van der Waals surface area contributed by atoms with Gasteiger partial charge in [0.15, 0.2) is 0 Å². The smallest absolute Gasteiger partial charge is 0.141 e. The van der Waals surface area contributed by atoms with Crippen molar-refractivity contribution >= 4 is 0 Å². The quantitative estimate of drug-likeness (QED) is 0.813. The molecule has 1 aliphatic heterocycles. The second-order valence-electron chi connectivity index (χ2n) is 4.34. The molecule has 88 valence electrons. The fraction of sp³-hybridized carbons (Fsp3) is 0.333. The Bertz CT molecular complexity index is 499. The fourth-order valence-electron chi connectivity index (χ4n) is 1.94. The van der Waals surface area contributed by atoms with E-state index in [2.05, 4.69) is 15.0 Å². The largest absolute Gasteiger partial charge is 0.379 e. The third-order valence-electron chi connectivity index (χ3n) is 3.17. The lowest BCUT2D eigenvalue weighted by Gasteiger charge is -2.38. The molecule has 1 saturated heterocycles. The van der Waals surface area contributed by atoms with Gasteiger partial charge in [0.1, 0.15) is 5.82 Å². The summed E-state index contributed by atoms with van der Waals surface area (Å²) in [5.74, 6) is 0.782. The first-order chi connectivity index (χ1) is 8.34. The molecule has 0 atom stereocenters. The average Bonchev–Trinajstić information content (AvgIpc) is 2.82. The van der Waals surface area contributed by atoms with Crippen molar-refractivity contribution in [3.8, 4) is 11.3 Å². The first-order valence-corrected chi connectivity index (χ1v) is 5.59. The molecule has 2 aromatic heterocycles. The SMILES string of the molecule is NCC1(c2nccc(-c3cc[nH]c3)n2)COC1. The normalized spacial score (nSPS) is 17.7. The highest BCUT2D eigenvalue weighted by atomic mass is 16.5. The number of nitrogens with two attached hydrogens (primary N) is 1. The highest BCUT2D eigenvalue weighted by molar-refractivity contribution is 5.57. The zero-order valence-electron chi connectivity index (χ0n) is 9.39. The Morgan fingerprint density at radius 1 is 1.41 bits per heavy atom. The molecule has 3 N–H and O–H groups in total. The molecule has 0 aliphatic carbocycles. The van der Waals surface area contributed by atoms with Crippen molar-refractivity contribution in [2.75, 3.05) is 19.8 Å². The molecule has 0 radical (unpaired) electrons. The summed E-state index contributed by atoms with van der Waals surface area (Å²) in [5, 5.41) is 0. The first kappa shape index (κ1) is 10.4. The van der Waals surface area contributed by atoms with Gasteiger partial charge >= 0.3 is 0 Å². The van der Waals surface area contributed by atoms with Crippen molar-refractivity contribution < 1.29 is 4.74 Å². The van der Waals surface area contributed by atoms with Crippen LogP contribution >= 0.6 is 0 Å². The summed E-state index contributed by atoms with van der Waals surface area (Å²) in [6, 6.07) is 3.88. The highest BCUT2D eigenvalue weighted by Crippen LogP contribution is 2.29. The Morgan fingerprint density at radius 3 is 2.88 bits per heavy atom. The van der Waals surface area contributed by atoms with Crippen LogP contribution in [0.5, 0.6) is 0 Å². The number of nitrogens with one attached hydrogen (secondary N) is 1. The molecule has 0 bridgehead atoms. The summed E-state index contributed by atoms with van der Waals surface area (Å²) in [4.78, 5) is 11.9. The molecule has 0 spiro atoms. The Balaban J connectivity index is 1.99. The van der Waals surface area contributed by atoms with Gasteiger partial charge in [-0.3, -0.25) is 0 Å². The number of aromatic nitrogens is 3. The van der Waals surface area contributed by atoms with Crippen LogP contribution in [0.4, 0.5) is 0 Å². The fourth-order valence-corrected chi connectivity index (χ4v) is 1.94. The van der Waals surface area contributed by atoms with E-state index in [-0.39, 0.29) is 5.41 Å². The lowest BCUT2D eigenvalue weighted by atomic mass is 9.85. The topological polar surface area (TPSA) is 76.8 Å². The maximum absolute atomic E-state index is 5.80. The summed E-state index contributed by atoms with van der Waals surface area (Å²) < 4.78 is 5.25. The van der Waals surface area contributed by atoms with Crippen molar-refractivity contribution in [1.29, 1.82) is 0 Å². The van der Waals surface area contributed by atoms with Crippen molar-refractivity contribution in [2.45, 2.75) is 5.41 Å². The van der Waals surface area contributed by atoms with E-state index in [0.29, 0.717) is 19.8 Å². The van der Waals surface area contributed by atoms with Gasteiger partial charge in [-0.15, -0.1) is 0 Å². The van der Waals surface area contributed by atoms with Crippen molar-refractivity contribution in [3.63, 3.8) is 0 Å².